The molecule has 1 amide bonds. The van der Waals surface area contributed by atoms with Crippen LogP contribution in [0.1, 0.15) is 12.5 Å². The Labute approximate surface area is 152 Å². The largest absolute Gasteiger partial charge is 0.497 e. The maximum atomic E-state index is 12.7. The van der Waals surface area contributed by atoms with Crippen molar-refractivity contribution in [2.24, 2.45) is 0 Å². The predicted octanol–water partition coefficient (Wildman–Crippen LogP) is 2.22. The summed E-state index contributed by atoms with van der Waals surface area (Å²) in [5.74, 6) is 0.190. The van der Waals surface area contributed by atoms with E-state index in [4.69, 9.17) is 10.00 Å². The molecule has 0 aromatic heterocycles. The Morgan fingerprint density at radius 2 is 1.92 bits per heavy atom. The van der Waals surface area contributed by atoms with Gasteiger partial charge in [0.05, 0.1) is 30.2 Å². The van der Waals surface area contributed by atoms with Crippen molar-refractivity contribution in [3.63, 3.8) is 0 Å². The first-order chi connectivity index (χ1) is 12.4. The molecule has 0 saturated heterocycles. The summed E-state index contributed by atoms with van der Waals surface area (Å²) in [5, 5.41) is 11.6. The second kappa shape index (κ2) is 8.47. The Morgan fingerprint density at radius 1 is 1.23 bits per heavy atom. The Kier molecular flexibility index (Phi) is 6.33. The fraction of sp³-hybridized carbons (Fsp3) is 0.222. The smallest absolute Gasteiger partial charge is 0.243 e. The lowest BCUT2D eigenvalue weighted by Gasteiger charge is -2.20. The van der Waals surface area contributed by atoms with Crippen molar-refractivity contribution in [1.29, 1.82) is 5.26 Å². The minimum atomic E-state index is -3.88. The minimum absolute atomic E-state index is 0.0179. The maximum absolute atomic E-state index is 12.7. The average molecular weight is 373 g/mol. The first kappa shape index (κ1) is 19.4. The van der Waals surface area contributed by atoms with E-state index in [9.17, 15) is 13.2 Å². The molecule has 26 heavy (non-hydrogen) atoms. The van der Waals surface area contributed by atoms with Crippen molar-refractivity contribution >= 4 is 21.6 Å². The molecule has 2 aromatic carbocycles. The van der Waals surface area contributed by atoms with Gasteiger partial charge in [0.15, 0.2) is 0 Å². The summed E-state index contributed by atoms with van der Waals surface area (Å²) in [6.07, 6.45) is 0. The van der Waals surface area contributed by atoms with Crippen molar-refractivity contribution in [2.45, 2.75) is 11.8 Å². The molecule has 0 aliphatic carbocycles. The second-order valence-corrected chi connectivity index (χ2v) is 7.29. The van der Waals surface area contributed by atoms with Gasteiger partial charge in [0.25, 0.3) is 0 Å². The number of anilines is 1. The first-order valence-electron chi connectivity index (χ1n) is 7.85. The Bertz CT molecular complexity index is 918. The van der Waals surface area contributed by atoms with E-state index in [1.807, 2.05) is 6.07 Å². The molecule has 0 radical (unpaired) electrons. The monoisotopic (exact) mass is 373 g/mol. The summed E-state index contributed by atoms with van der Waals surface area (Å²) in [7, 11) is -2.34. The van der Waals surface area contributed by atoms with E-state index in [-0.39, 0.29) is 23.5 Å². The number of nitrogens with one attached hydrogen (secondary N) is 1. The molecule has 0 spiro atoms. The molecule has 0 atom stereocenters. The number of hydrogen-bond donors (Lipinski definition) is 1. The number of methoxy groups -OCH3 is 1. The molecule has 0 aliphatic rings. The van der Waals surface area contributed by atoms with Gasteiger partial charge in [0.2, 0.25) is 15.9 Å². The zero-order chi connectivity index (χ0) is 19.2. The molecule has 0 bridgehead atoms. The average Bonchev–Trinajstić information content (AvgIpc) is 2.66. The Balaban J connectivity index is 2.13. The molecule has 8 heteroatoms. The molecule has 0 aliphatic heterocycles. The summed E-state index contributed by atoms with van der Waals surface area (Å²) in [6.45, 7) is 1.43. The fourth-order valence-electron chi connectivity index (χ4n) is 2.28. The highest BCUT2D eigenvalue weighted by molar-refractivity contribution is 7.89. The zero-order valence-electron chi connectivity index (χ0n) is 14.5. The van der Waals surface area contributed by atoms with E-state index >= 15 is 0 Å². The highest BCUT2D eigenvalue weighted by Crippen LogP contribution is 2.18. The van der Waals surface area contributed by atoms with E-state index in [0.717, 1.165) is 4.31 Å². The standard InChI is InChI=1S/C18H19N3O4S/c1-3-21(26(23,24)17-6-4-5-14(11-17)12-19)13-18(22)20-15-7-9-16(25-2)10-8-15/h4-11H,3,13H2,1-2H3,(H,20,22). The number of carbonyl (C=O) groups is 1. The number of likely N-dealkylation sites (N-methyl/N-ethyl adjacent to an activating group) is 1. The lowest BCUT2D eigenvalue weighted by atomic mass is 10.2. The number of nitrogens with zero attached hydrogens (tertiary/aromatic N) is 2. The lowest BCUT2D eigenvalue weighted by molar-refractivity contribution is -0.116. The van der Waals surface area contributed by atoms with E-state index in [1.54, 1.807) is 38.3 Å². The van der Waals surface area contributed by atoms with Gasteiger partial charge in [-0.05, 0) is 42.5 Å². The van der Waals surface area contributed by atoms with Crippen LogP contribution in [-0.2, 0) is 14.8 Å². The van der Waals surface area contributed by atoms with E-state index in [2.05, 4.69) is 5.32 Å². The van der Waals surface area contributed by atoms with Gasteiger partial charge in [-0.3, -0.25) is 4.79 Å². The predicted molar refractivity (Wildman–Crippen MR) is 97.2 cm³/mol. The lowest BCUT2D eigenvalue weighted by Crippen LogP contribution is -2.37. The molecule has 0 heterocycles. The number of benzene rings is 2. The summed E-state index contributed by atoms with van der Waals surface area (Å²) in [5.41, 5.74) is 0.778. The van der Waals surface area contributed by atoms with E-state index in [0.29, 0.717) is 11.4 Å². The molecule has 0 unspecified atom stereocenters. The molecule has 0 fully saturated rings. The normalized spacial score (nSPS) is 11.0. The van der Waals surface area contributed by atoms with Crippen LogP contribution >= 0.6 is 0 Å². The first-order valence-corrected chi connectivity index (χ1v) is 9.29. The van der Waals surface area contributed by atoms with Crippen LogP contribution in [0.25, 0.3) is 0 Å². The fourth-order valence-corrected chi connectivity index (χ4v) is 3.73. The molecule has 136 valence electrons. The van der Waals surface area contributed by atoms with Gasteiger partial charge in [-0.25, -0.2) is 8.42 Å². The quantitative estimate of drug-likeness (QED) is 0.802. The Morgan fingerprint density at radius 3 is 2.50 bits per heavy atom. The van der Waals surface area contributed by atoms with E-state index < -0.39 is 15.9 Å². The van der Waals surface area contributed by atoms with Crippen LogP contribution in [0.2, 0.25) is 0 Å². The molecule has 7 nitrogen and oxygen atoms in total. The van der Waals surface area contributed by atoms with Gasteiger partial charge < -0.3 is 10.1 Å². The van der Waals surface area contributed by atoms with Gasteiger partial charge in [0.1, 0.15) is 5.75 Å². The van der Waals surface area contributed by atoms with Gasteiger partial charge >= 0.3 is 0 Å². The maximum Gasteiger partial charge on any atom is 0.243 e. The third-order valence-electron chi connectivity index (χ3n) is 3.65. The molecule has 1 N–H and O–H groups in total. The second-order valence-electron chi connectivity index (χ2n) is 5.35. The van der Waals surface area contributed by atoms with Crippen molar-refractivity contribution in [3.05, 3.63) is 54.1 Å². The highest BCUT2D eigenvalue weighted by atomic mass is 32.2. The minimum Gasteiger partial charge on any atom is -0.497 e. The molecule has 0 saturated carbocycles. The van der Waals surface area contributed by atoms with Crippen LogP contribution in [-0.4, -0.2) is 38.8 Å². The summed E-state index contributed by atoms with van der Waals surface area (Å²) >= 11 is 0. The number of hydrogen-bond acceptors (Lipinski definition) is 5. The molecule has 2 aromatic rings. The number of nitriles is 1. The SMILES string of the molecule is CCN(CC(=O)Nc1ccc(OC)cc1)S(=O)(=O)c1cccc(C#N)c1. The summed E-state index contributed by atoms with van der Waals surface area (Å²) in [4.78, 5) is 12.2. The van der Waals surface area contributed by atoms with Crippen LogP contribution in [0.4, 0.5) is 5.69 Å². The highest BCUT2D eigenvalue weighted by Gasteiger charge is 2.25. The number of rotatable bonds is 7. The van der Waals surface area contributed by atoms with Gasteiger partial charge in [-0.2, -0.15) is 9.57 Å². The molecular weight excluding hydrogens is 354 g/mol. The topological polar surface area (TPSA) is 99.5 Å². The van der Waals surface area contributed by atoms with Crippen LogP contribution in [0.3, 0.4) is 0 Å². The van der Waals surface area contributed by atoms with Crippen LogP contribution < -0.4 is 10.1 Å². The van der Waals surface area contributed by atoms with Gasteiger partial charge in [0, 0.05) is 12.2 Å². The molecular formula is C18H19N3O4S. The zero-order valence-corrected chi connectivity index (χ0v) is 15.3. The van der Waals surface area contributed by atoms with Crippen LogP contribution in [0.5, 0.6) is 5.75 Å². The molecule has 2 rings (SSSR count). The van der Waals surface area contributed by atoms with Gasteiger partial charge in [-0.15, -0.1) is 0 Å². The van der Waals surface area contributed by atoms with E-state index in [1.165, 1.54) is 24.3 Å². The number of amides is 1. The number of ether oxygens (including phenoxy) is 1. The van der Waals surface area contributed by atoms with Crippen LogP contribution in [0.15, 0.2) is 53.4 Å². The number of sulfonamides is 1. The third-order valence-corrected chi connectivity index (χ3v) is 5.56. The Hall–Kier alpha value is -2.89. The van der Waals surface area contributed by atoms with Crippen molar-refractivity contribution < 1.29 is 17.9 Å². The van der Waals surface area contributed by atoms with Crippen molar-refractivity contribution in [1.82, 2.24) is 4.31 Å². The van der Waals surface area contributed by atoms with Crippen molar-refractivity contribution in [3.8, 4) is 11.8 Å². The van der Waals surface area contributed by atoms with Crippen LogP contribution in [0, 0.1) is 11.3 Å². The number of carbonyl (C=O) groups excluding carboxylic acids is 1. The summed E-state index contributed by atoms with van der Waals surface area (Å²) in [6, 6.07) is 14.3. The van der Waals surface area contributed by atoms with Gasteiger partial charge in [-0.1, -0.05) is 13.0 Å². The summed E-state index contributed by atoms with van der Waals surface area (Å²) < 4.78 is 31.5. The van der Waals surface area contributed by atoms with Crippen molar-refractivity contribution in [2.75, 3.05) is 25.5 Å². The third kappa shape index (κ3) is 4.59.